The normalized spacial score (nSPS) is 25.7. The number of guanidine groups is 1. The first-order valence-electron chi connectivity index (χ1n) is 9.50. The van der Waals surface area contributed by atoms with Gasteiger partial charge in [-0.1, -0.05) is 24.3 Å². The van der Waals surface area contributed by atoms with Gasteiger partial charge in [0.1, 0.15) is 16.9 Å². The van der Waals surface area contributed by atoms with Crippen LogP contribution >= 0.6 is 0 Å². The molecule has 0 radical (unpaired) electrons. The fourth-order valence-electron chi connectivity index (χ4n) is 3.99. The zero-order valence-electron chi connectivity index (χ0n) is 16.4. The molecule has 2 aromatic carbocycles. The Hall–Kier alpha value is -2.81. The van der Waals surface area contributed by atoms with Crippen LogP contribution in [0.5, 0.6) is 0 Å². The average Bonchev–Trinajstić information content (AvgIpc) is 3.53. The first-order valence-corrected chi connectivity index (χ1v) is 11.0. The lowest BCUT2D eigenvalue weighted by Crippen LogP contribution is -2.62. The van der Waals surface area contributed by atoms with Crippen LogP contribution in [-0.2, 0) is 15.6 Å². The zero-order valence-corrected chi connectivity index (χ0v) is 17.3. The number of nitrogens with zero attached hydrogens (tertiary/aromatic N) is 1. The summed E-state index contributed by atoms with van der Waals surface area (Å²) in [6, 6.07) is 9.00. The minimum absolute atomic E-state index is 0.0176. The summed E-state index contributed by atoms with van der Waals surface area (Å²) in [7, 11) is -2.93. The van der Waals surface area contributed by atoms with Crippen molar-refractivity contribution in [3.05, 3.63) is 70.8 Å². The molecule has 1 saturated heterocycles. The van der Waals surface area contributed by atoms with Crippen LogP contribution in [0.2, 0.25) is 0 Å². The van der Waals surface area contributed by atoms with Crippen LogP contribution in [0.15, 0.2) is 42.5 Å². The Labute approximate surface area is 173 Å². The van der Waals surface area contributed by atoms with Gasteiger partial charge in [-0.15, -0.1) is 0 Å². The third kappa shape index (κ3) is 3.17. The quantitative estimate of drug-likeness (QED) is 0.724. The minimum atomic E-state index is -4.15. The van der Waals surface area contributed by atoms with Gasteiger partial charge in [-0.3, -0.25) is 10.2 Å². The van der Waals surface area contributed by atoms with Crippen molar-refractivity contribution >= 4 is 21.8 Å². The molecule has 0 bridgehead atoms. The Morgan fingerprint density at radius 2 is 1.80 bits per heavy atom. The Bertz CT molecular complexity index is 1150. The van der Waals surface area contributed by atoms with Gasteiger partial charge in [0, 0.05) is 24.1 Å². The van der Waals surface area contributed by atoms with Crippen molar-refractivity contribution < 1.29 is 22.0 Å². The third-order valence-corrected chi connectivity index (χ3v) is 8.12. The Kier molecular flexibility index (Phi) is 4.68. The van der Waals surface area contributed by atoms with Crippen molar-refractivity contribution in [2.45, 2.75) is 30.6 Å². The molecule has 0 amide bonds. The van der Waals surface area contributed by atoms with Gasteiger partial charge >= 0.3 is 0 Å². The monoisotopic (exact) mass is 433 g/mol. The van der Waals surface area contributed by atoms with Crippen LogP contribution in [0, 0.1) is 23.0 Å². The van der Waals surface area contributed by atoms with Gasteiger partial charge in [0.25, 0.3) is 0 Å². The van der Waals surface area contributed by atoms with Crippen molar-refractivity contribution in [1.29, 1.82) is 5.41 Å². The summed E-state index contributed by atoms with van der Waals surface area (Å²) in [4.78, 5) is 12.3. The molecule has 0 aromatic heterocycles. The smallest absolute Gasteiger partial charge is 0.246 e. The number of sulfonamides is 1. The molecule has 1 heterocycles. The average molecular weight is 433 g/mol. The molecule has 2 aromatic rings. The van der Waals surface area contributed by atoms with Gasteiger partial charge in [-0.2, -0.15) is 0 Å². The van der Waals surface area contributed by atoms with E-state index in [0.717, 1.165) is 35.3 Å². The maximum absolute atomic E-state index is 14.7. The third-order valence-electron chi connectivity index (χ3n) is 5.83. The number of rotatable bonds is 4. The van der Waals surface area contributed by atoms with Crippen LogP contribution in [0.25, 0.3) is 0 Å². The number of ketones is 1. The summed E-state index contributed by atoms with van der Waals surface area (Å²) in [5.41, 5.74) is -1.06. The number of benzene rings is 2. The van der Waals surface area contributed by atoms with Gasteiger partial charge in [0.05, 0.1) is 5.54 Å². The second-order valence-electron chi connectivity index (χ2n) is 7.95. The van der Waals surface area contributed by atoms with Gasteiger partial charge < -0.3 is 5.32 Å². The summed E-state index contributed by atoms with van der Waals surface area (Å²) in [6.07, 6.45) is 1.71. The Morgan fingerprint density at radius 1 is 1.17 bits per heavy atom. The lowest BCUT2D eigenvalue weighted by molar-refractivity contribution is 0.0967. The number of nitrogens with one attached hydrogen (secondary N) is 2. The van der Waals surface area contributed by atoms with Crippen LogP contribution in [0.4, 0.5) is 8.78 Å². The van der Waals surface area contributed by atoms with E-state index in [1.165, 1.54) is 26.1 Å². The van der Waals surface area contributed by atoms with Crippen LogP contribution < -0.4 is 5.32 Å². The first-order chi connectivity index (χ1) is 14.1. The highest BCUT2D eigenvalue weighted by Crippen LogP contribution is 2.45. The number of Topliss-reactive ketones (excluding diaryl/α,β-unsaturated/α-hetero) is 1. The largest absolute Gasteiger partial charge is 0.345 e. The molecule has 0 spiro atoms. The van der Waals surface area contributed by atoms with E-state index >= 15 is 0 Å². The molecule has 2 atom stereocenters. The number of halogens is 2. The molecule has 158 valence electrons. The number of carbonyl (C=O) groups excluding carboxylic acids is 1. The second kappa shape index (κ2) is 6.87. The maximum Gasteiger partial charge on any atom is 0.246 e. The van der Waals surface area contributed by atoms with Crippen LogP contribution in [-0.4, -0.2) is 31.5 Å². The molecule has 2 aliphatic rings. The van der Waals surface area contributed by atoms with Gasteiger partial charge in [0.15, 0.2) is 5.78 Å². The summed E-state index contributed by atoms with van der Waals surface area (Å²) in [6.45, 7) is 1.43. The summed E-state index contributed by atoms with van der Waals surface area (Å²) in [5.74, 6) is -1.91. The molecule has 9 heteroatoms. The van der Waals surface area contributed by atoms with Crippen molar-refractivity contribution in [2.75, 3.05) is 7.05 Å². The fourth-order valence-corrected chi connectivity index (χ4v) is 5.89. The number of hydrogen-bond donors (Lipinski definition) is 2. The number of hydrogen-bond acceptors (Lipinski definition) is 4. The summed E-state index contributed by atoms with van der Waals surface area (Å²) in [5, 5.41) is 9.45. The second-order valence-corrected chi connectivity index (χ2v) is 10.0. The van der Waals surface area contributed by atoms with E-state index in [1.54, 1.807) is 12.1 Å². The molecule has 1 aliphatic carbocycles. The van der Waals surface area contributed by atoms with E-state index < -0.39 is 38.4 Å². The fraction of sp³-hybridized carbons (Fsp3) is 0.333. The summed E-state index contributed by atoms with van der Waals surface area (Å²) < 4.78 is 56.0. The highest BCUT2D eigenvalue weighted by atomic mass is 32.2. The van der Waals surface area contributed by atoms with E-state index in [9.17, 15) is 22.0 Å². The molecular weight excluding hydrogens is 412 g/mol. The van der Waals surface area contributed by atoms with E-state index in [1.807, 2.05) is 0 Å². The lowest BCUT2D eigenvalue weighted by atomic mass is 9.84. The van der Waals surface area contributed by atoms with Gasteiger partial charge in [-0.25, -0.2) is 21.5 Å². The predicted molar refractivity (Wildman–Crippen MR) is 107 cm³/mol. The van der Waals surface area contributed by atoms with E-state index in [2.05, 4.69) is 5.32 Å². The van der Waals surface area contributed by atoms with Gasteiger partial charge in [-0.05, 0) is 43.5 Å². The van der Waals surface area contributed by atoms with Crippen molar-refractivity contribution in [2.24, 2.45) is 5.92 Å². The molecule has 1 aliphatic heterocycles. The minimum Gasteiger partial charge on any atom is -0.345 e. The molecular formula is C21H21F2N3O3S. The van der Waals surface area contributed by atoms with Crippen molar-refractivity contribution in [3.63, 3.8) is 0 Å². The summed E-state index contributed by atoms with van der Waals surface area (Å²) >= 11 is 0. The van der Waals surface area contributed by atoms with E-state index in [0.29, 0.717) is 11.1 Å². The number of carbonyl (C=O) groups is 1. The van der Waals surface area contributed by atoms with Crippen molar-refractivity contribution in [1.82, 2.24) is 9.62 Å². The predicted octanol–water partition coefficient (Wildman–Crippen LogP) is 3.31. The molecule has 0 unspecified atom stereocenters. The molecule has 4 rings (SSSR count). The Balaban J connectivity index is 1.87. The topological polar surface area (TPSA) is 90.3 Å². The van der Waals surface area contributed by atoms with Crippen LogP contribution in [0.1, 0.15) is 46.5 Å². The zero-order chi connectivity index (χ0) is 21.8. The molecule has 1 saturated carbocycles. The highest BCUT2D eigenvalue weighted by Gasteiger charge is 2.53. The van der Waals surface area contributed by atoms with E-state index in [4.69, 9.17) is 5.41 Å². The SMILES string of the molecule is CN1C(=N)N[C@](C)(c2cc(F)ccc2F)[C@@H](c2ccc(C(=O)C3CC3)cc2)S1(=O)=O. The Morgan fingerprint density at radius 3 is 2.40 bits per heavy atom. The van der Waals surface area contributed by atoms with Gasteiger partial charge in [0.2, 0.25) is 16.0 Å². The first kappa shape index (κ1) is 20.5. The lowest BCUT2D eigenvalue weighted by Gasteiger charge is -2.46. The maximum atomic E-state index is 14.7. The van der Waals surface area contributed by atoms with Crippen LogP contribution in [0.3, 0.4) is 0 Å². The standard InChI is InChI=1S/C21H21F2N3O3S/c1-21(16-11-15(22)9-10-17(16)23)19(30(28,29)26(2)20(24)25-21)14-7-5-13(6-8-14)18(27)12-3-4-12/h5-12,19H,3-4H2,1-2H3,(H2,24,25)/t19-,21-/m1/s1. The molecule has 2 fully saturated rings. The molecule has 30 heavy (non-hydrogen) atoms. The van der Waals surface area contributed by atoms with E-state index in [-0.39, 0.29) is 17.3 Å². The molecule has 2 N–H and O–H groups in total. The van der Waals surface area contributed by atoms with Crippen molar-refractivity contribution in [3.8, 4) is 0 Å². The highest BCUT2D eigenvalue weighted by molar-refractivity contribution is 7.90. The molecule has 6 nitrogen and oxygen atoms in total.